The summed E-state index contributed by atoms with van der Waals surface area (Å²) in [6.45, 7) is 6.36. The van der Waals surface area contributed by atoms with Crippen LogP contribution in [0.2, 0.25) is 0 Å². The lowest BCUT2D eigenvalue weighted by Crippen LogP contribution is -2.67. The average molecular weight is 474 g/mol. The summed E-state index contributed by atoms with van der Waals surface area (Å²) in [7, 11) is 0. The highest BCUT2D eigenvalue weighted by atomic mass is 16.7. The fraction of sp³-hybridized carbons (Fsp3) is 0.773. The number of hydrogen-bond acceptors (Lipinski definition) is 10. The third-order valence-electron chi connectivity index (χ3n) is 4.82. The Kier molecular flexibility index (Phi) is 12.4. The van der Waals surface area contributed by atoms with Crippen LogP contribution in [0.1, 0.15) is 73.1 Å². The number of ether oxygens (including phenoxy) is 5. The molecule has 1 saturated heterocycles. The number of hydrogen-bond donors (Lipinski definition) is 1. The number of unbranched alkanes of at least 4 members (excludes halogenated alkanes) is 4. The quantitative estimate of drug-likeness (QED) is 0.252. The summed E-state index contributed by atoms with van der Waals surface area (Å²) in [5.74, 6) is -3.12. The molecule has 5 atom stereocenters. The summed E-state index contributed by atoms with van der Waals surface area (Å²) >= 11 is 0. The van der Waals surface area contributed by atoms with E-state index in [1.165, 1.54) is 6.92 Å². The highest BCUT2D eigenvalue weighted by Crippen LogP contribution is 2.28. The molecule has 0 bridgehead atoms. The Morgan fingerprint density at radius 2 is 1.33 bits per heavy atom. The average Bonchev–Trinajstić information content (AvgIpc) is 2.69. The minimum Gasteiger partial charge on any atom is -0.463 e. The Morgan fingerprint density at radius 3 is 1.88 bits per heavy atom. The van der Waals surface area contributed by atoms with Gasteiger partial charge < -0.3 is 29.0 Å². The fourth-order valence-corrected chi connectivity index (χ4v) is 3.47. The molecular formula is C22H35NO10. The van der Waals surface area contributed by atoms with Gasteiger partial charge in [-0.3, -0.25) is 24.0 Å². The summed E-state index contributed by atoms with van der Waals surface area (Å²) in [6, 6.07) is -1.15. The first-order valence-electron chi connectivity index (χ1n) is 11.1. The molecule has 0 saturated carbocycles. The number of carbonyl (C=O) groups excluding carboxylic acids is 5. The molecule has 0 unspecified atom stereocenters. The van der Waals surface area contributed by atoms with Crippen molar-refractivity contribution in [3.8, 4) is 0 Å². The van der Waals surface area contributed by atoms with Crippen LogP contribution in [-0.4, -0.2) is 67.0 Å². The maximum atomic E-state index is 12.6. The van der Waals surface area contributed by atoms with E-state index in [1.807, 2.05) is 0 Å². The Hall–Kier alpha value is -2.69. The van der Waals surface area contributed by atoms with Gasteiger partial charge in [-0.2, -0.15) is 0 Å². The standard InChI is InChI=1S/C22H35NO10/c1-6-7-8-9-10-11-18(28)23-19-21(31-15(4)26)20(30-14(3)25)17(12-29-13(2)24)33-22(19)32-16(5)27/h17,19-22H,6-12H2,1-5H3,(H,23,28)/t17-,19+,20+,21+,22-/m1/s1. The molecule has 11 heteroatoms. The molecule has 1 fully saturated rings. The highest BCUT2D eigenvalue weighted by Gasteiger charge is 2.52. The summed E-state index contributed by atoms with van der Waals surface area (Å²) in [6.07, 6.45) is -0.0783. The van der Waals surface area contributed by atoms with Gasteiger partial charge in [0.2, 0.25) is 12.2 Å². The van der Waals surface area contributed by atoms with Crippen LogP contribution < -0.4 is 5.32 Å². The molecule has 11 nitrogen and oxygen atoms in total. The van der Waals surface area contributed by atoms with E-state index >= 15 is 0 Å². The zero-order valence-electron chi connectivity index (χ0n) is 19.9. The molecule has 0 aliphatic carbocycles. The van der Waals surface area contributed by atoms with Crippen LogP contribution >= 0.6 is 0 Å². The molecular weight excluding hydrogens is 438 g/mol. The van der Waals surface area contributed by atoms with Crippen LogP contribution in [0, 0.1) is 0 Å². The first kappa shape index (κ1) is 28.3. The molecule has 0 spiro atoms. The molecule has 1 N–H and O–H groups in total. The molecule has 1 aliphatic rings. The van der Waals surface area contributed by atoms with Crippen LogP contribution in [0.5, 0.6) is 0 Å². The van der Waals surface area contributed by atoms with Gasteiger partial charge in [-0.05, 0) is 6.42 Å². The van der Waals surface area contributed by atoms with Crippen molar-refractivity contribution in [2.45, 2.75) is 104 Å². The molecule has 188 valence electrons. The Bertz CT molecular complexity index is 695. The SMILES string of the molecule is CCCCCCCC(=O)N[C@@H]1[C@H](OC(C)=O)O[C@H](COC(C)=O)[C@H](OC(C)=O)[C@H]1OC(C)=O. The van der Waals surface area contributed by atoms with E-state index in [9.17, 15) is 24.0 Å². The third-order valence-corrected chi connectivity index (χ3v) is 4.82. The number of carbonyl (C=O) groups is 5. The van der Waals surface area contributed by atoms with Crippen molar-refractivity contribution >= 4 is 29.8 Å². The van der Waals surface area contributed by atoms with Crippen LogP contribution in [0.25, 0.3) is 0 Å². The predicted octanol–water partition coefficient (Wildman–Crippen LogP) is 1.55. The van der Waals surface area contributed by atoms with Crippen molar-refractivity contribution in [1.82, 2.24) is 5.32 Å². The summed E-state index contributed by atoms with van der Waals surface area (Å²) in [5.41, 5.74) is 0. The van der Waals surface area contributed by atoms with E-state index in [0.717, 1.165) is 46.5 Å². The van der Waals surface area contributed by atoms with E-state index in [-0.39, 0.29) is 18.9 Å². The van der Waals surface area contributed by atoms with Gasteiger partial charge in [0.25, 0.3) is 0 Å². The second kappa shape index (κ2) is 14.5. The van der Waals surface area contributed by atoms with Gasteiger partial charge in [0.1, 0.15) is 18.8 Å². The summed E-state index contributed by atoms with van der Waals surface area (Å²) < 4.78 is 26.6. The maximum absolute atomic E-state index is 12.6. The number of esters is 4. The summed E-state index contributed by atoms with van der Waals surface area (Å²) in [5, 5.41) is 2.69. The smallest absolute Gasteiger partial charge is 0.305 e. The van der Waals surface area contributed by atoms with E-state index in [4.69, 9.17) is 23.7 Å². The second-order valence-electron chi connectivity index (χ2n) is 7.86. The van der Waals surface area contributed by atoms with Gasteiger partial charge in [-0.15, -0.1) is 0 Å². The van der Waals surface area contributed by atoms with Gasteiger partial charge in [0.05, 0.1) is 0 Å². The topological polar surface area (TPSA) is 144 Å². The molecule has 1 amide bonds. The van der Waals surface area contributed by atoms with Crippen molar-refractivity contribution in [1.29, 1.82) is 0 Å². The van der Waals surface area contributed by atoms with E-state index < -0.39 is 54.5 Å². The first-order chi connectivity index (χ1) is 15.5. The zero-order valence-corrected chi connectivity index (χ0v) is 19.9. The van der Waals surface area contributed by atoms with Crippen LogP contribution in [-0.2, 0) is 47.7 Å². The van der Waals surface area contributed by atoms with Gasteiger partial charge in [0, 0.05) is 34.1 Å². The normalized spacial score (nSPS) is 24.3. The Labute approximate surface area is 193 Å². The summed E-state index contributed by atoms with van der Waals surface area (Å²) in [4.78, 5) is 59.2. The van der Waals surface area contributed by atoms with Crippen LogP contribution in [0.15, 0.2) is 0 Å². The van der Waals surface area contributed by atoms with E-state index in [1.54, 1.807) is 0 Å². The highest BCUT2D eigenvalue weighted by molar-refractivity contribution is 5.76. The molecule has 1 heterocycles. The van der Waals surface area contributed by atoms with Gasteiger partial charge in [-0.25, -0.2) is 0 Å². The van der Waals surface area contributed by atoms with Gasteiger partial charge >= 0.3 is 23.9 Å². The van der Waals surface area contributed by atoms with Crippen LogP contribution in [0.3, 0.4) is 0 Å². The minimum absolute atomic E-state index is 0.203. The Morgan fingerprint density at radius 1 is 0.758 bits per heavy atom. The number of rotatable bonds is 12. The van der Waals surface area contributed by atoms with Crippen molar-refractivity contribution < 1.29 is 47.7 Å². The molecule has 0 aromatic carbocycles. The predicted molar refractivity (Wildman–Crippen MR) is 113 cm³/mol. The van der Waals surface area contributed by atoms with Gasteiger partial charge in [0.15, 0.2) is 12.2 Å². The molecule has 1 aliphatic heterocycles. The monoisotopic (exact) mass is 473 g/mol. The number of amides is 1. The van der Waals surface area contributed by atoms with E-state index in [0.29, 0.717) is 6.42 Å². The van der Waals surface area contributed by atoms with Gasteiger partial charge in [-0.1, -0.05) is 32.6 Å². The lowest BCUT2D eigenvalue weighted by atomic mass is 9.95. The molecule has 0 aromatic heterocycles. The van der Waals surface area contributed by atoms with Crippen molar-refractivity contribution in [2.24, 2.45) is 0 Å². The third kappa shape index (κ3) is 10.6. The molecule has 33 heavy (non-hydrogen) atoms. The van der Waals surface area contributed by atoms with Crippen LogP contribution in [0.4, 0.5) is 0 Å². The van der Waals surface area contributed by atoms with Crippen molar-refractivity contribution in [2.75, 3.05) is 6.61 Å². The Balaban J connectivity index is 3.14. The lowest BCUT2D eigenvalue weighted by Gasteiger charge is -2.44. The second-order valence-corrected chi connectivity index (χ2v) is 7.86. The minimum atomic E-state index is -1.37. The largest absolute Gasteiger partial charge is 0.463 e. The molecule has 0 radical (unpaired) electrons. The fourth-order valence-electron chi connectivity index (χ4n) is 3.47. The lowest BCUT2D eigenvalue weighted by molar-refractivity contribution is -0.271. The maximum Gasteiger partial charge on any atom is 0.305 e. The van der Waals surface area contributed by atoms with E-state index in [2.05, 4.69) is 12.2 Å². The molecule has 0 aromatic rings. The number of nitrogens with one attached hydrogen (secondary N) is 1. The zero-order chi connectivity index (χ0) is 25.0. The molecule has 1 rings (SSSR count). The van der Waals surface area contributed by atoms with Crippen molar-refractivity contribution in [3.63, 3.8) is 0 Å². The first-order valence-corrected chi connectivity index (χ1v) is 11.1. The van der Waals surface area contributed by atoms with Crippen molar-refractivity contribution in [3.05, 3.63) is 0 Å².